The maximum Gasteiger partial charge on any atom is 0.355 e. The Balaban J connectivity index is 1.93. The Bertz CT molecular complexity index is 1000. The molecule has 28 heavy (non-hydrogen) atoms. The van der Waals surface area contributed by atoms with Crippen LogP contribution in [0.25, 0.3) is 6.08 Å². The lowest BCUT2D eigenvalue weighted by Gasteiger charge is -2.02. The van der Waals surface area contributed by atoms with Crippen LogP contribution in [0.5, 0.6) is 11.5 Å². The molecule has 0 unspecified atom stereocenters. The number of carbonyl (C=O) groups is 2. The molecular weight excluding hydrogens is 368 g/mol. The maximum absolute atomic E-state index is 12.7. The number of hydrogen-bond donors (Lipinski definition) is 1. The quantitative estimate of drug-likeness (QED) is 0.266. The number of nitrogens with one attached hydrogen (secondary N) is 1. The fourth-order valence-electron chi connectivity index (χ4n) is 3.01. The van der Waals surface area contributed by atoms with Gasteiger partial charge in [-0.1, -0.05) is 0 Å². The number of nitro groups is 1. The molecule has 1 aliphatic heterocycles. The van der Waals surface area contributed by atoms with E-state index < -0.39 is 16.7 Å². The number of aryl methyl sites for hydroxylation is 1. The Morgan fingerprint density at radius 2 is 1.96 bits per heavy atom. The monoisotopic (exact) mass is 386 g/mol. The van der Waals surface area contributed by atoms with Crippen molar-refractivity contribution >= 4 is 23.5 Å². The highest BCUT2D eigenvalue weighted by atomic mass is 16.7. The molecule has 9 heteroatoms. The van der Waals surface area contributed by atoms with Crippen molar-refractivity contribution in [2.24, 2.45) is 0 Å². The van der Waals surface area contributed by atoms with Gasteiger partial charge in [-0.15, -0.1) is 0 Å². The molecule has 0 saturated carbocycles. The van der Waals surface area contributed by atoms with Crippen LogP contribution in [0.3, 0.4) is 0 Å². The van der Waals surface area contributed by atoms with Crippen molar-refractivity contribution < 1.29 is 28.7 Å². The number of fused-ring (bicyclic) bond motifs is 1. The van der Waals surface area contributed by atoms with Crippen molar-refractivity contribution in [1.82, 2.24) is 4.98 Å². The largest absolute Gasteiger partial charge is 0.461 e. The first kappa shape index (κ1) is 19.2. The zero-order chi connectivity index (χ0) is 20.4. The summed E-state index contributed by atoms with van der Waals surface area (Å²) in [5.74, 6) is -0.283. The van der Waals surface area contributed by atoms with E-state index in [2.05, 4.69) is 4.98 Å². The molecule has 0 bridgehead atoms. The average Bonchev–Trinajstić information content (AvgIpc) is 3.22. The van der Waals surface area contributed by atoms with Gasteiger partial charge in [-0.05, 0) is 44.6 Å². The second kappa shape index (κ2) is 7.55. The standard InChI is InChI=1S/C19H18N2O7/c1-4-26-19(23)18-10(2)17(11(3)20-18)14(22)6-5-12-7-15-16(28-9-27-15)8-13(12)21(24)25/h5-8,20H,4,9H2,1-3H3/b6-5+. The molecule has 0 saturated heterocycles. The van der Waals surface area contributed by atoms with E-state index in [0.29, 0.717) is 22.6 Å². The lowest BCUT2D eigenvalue weighted by Crippen LogP contribution is -2.07. The van der Waals surface area contributed by atoms with Crippen LogP contribution in [0.2, 0.25) is 0 Å². The highest BCUT2D eigenvalue weighted by Gasteiger charge is 2.24. The van der Waals surface area contributed by atoms with E-state index in [1.807, 2.05) is 0 Å². The molecule has 1 aliphatic rings. The van der Waals surface area contributed by atoms with Crippen LogP contribution in [-0.4, -0.2) is 35.1 Å². The van der Waals surface area contributed by atoms with Gasteiger partial charge in [-0.2, -0.15) is 0 Å². The number of carbonyl (C=O) groups excluding carboxylic acids is 2. The third-order valence-electron chi connectivity index (χ3n) is 4.30. The van der Waals surface area contributed by atoms with Gasteiger partial charge in [0.05, 0.1) is 23.2 Å². The van der Waals surface area contributed by atoms with Crippen LogP contribution < -0.4 is 9.47 Å². The molecule has 0 aliphatic carbocycles. The van der Waals surface area contributed by atoms with Gasteiger partial charge in [0.2, 0.25) is 6.79 Å². The van der Waals surface area contributed by atoms with Crippen molar-refractivity contribution in [3.63, 3.8) is 0 Å². The van der Waals surface area contributed by atoms with Crippen molar-refractivity contribution in [3.8, 4) is 11.5 Å². The van der Waals surface area contributed by atoms with Crippen molar-refractivity contribution in [2.45, 2.75) is 20.8 Å². The lowest BCUT2D eigenvalue weighted by atomic mass is 10.0. The van der Waals surface area contributed by atoms with E-state index in [-0.39, 0.29) is 36.1 Å². The predicted octanol–water partition coefficient (Wildman–Crippen LogP) is 3.34. The number of esters is 1. The zero-order valence-electron chi connectivity index (χ0n) is 15.5. The molecule has 146 valence electrons. The minimum atomic E-state index is -0.558. The van der Waals surface area contributed by atoms with Crippen LogP contribution in [-0.2, 0) is 4.74 Å². The number of ether oxygens (including phenoxy) is 3. The fraction of sp³-hybridized carbons (Fsp3) is 0.263. The zero-order valence-corrected chi connectivity index (χ0v) is 15.5. The Hall–Kier alpha value is -3.62. The fourth-order valence-corrected chi connectivity index (χ4v) is 3.01. The first-order valence-corrected chi connectivity index (χ1v) is 8.50. The summed E-state index contributed by atoms with van der Waals surface area (Å²) >= 11 is 0. The number of nitro benzene ring substituents is 1. The molecule has 3 rings (SSSR count). The van der Waals surface area contributed by atoms with Crippen molar-refractivity contribution in [1.29, 1.82) is 0 Å². The Morgan fingerprint density at radius 1 is 1.29 bits per heavy atom. The van der Waals surface area contributed by atoms with Crippen molar-refractivity contribution in [3.05, 3.63) is 56.4 Å². The minimum Gasteiger partial charge on any atom is -0.461 e. The van der Waals surface area contributed by atoms with Gasteiger partial charge < -0.3 is 19.2 Å². The van der Waals surface area contributed by atoms with E-state index in [4.69, 9.17) is 14.2 Å². The van der Waals surface area contributed by atoms with Gasteiger partial charge in [0, 0.05) is 11.3 Å². The molecule has 1 aromatic heterocycles. The molecule has 2 heterocycles. The summed E-state index contributed by atoms with van der Waals surface area (Å²) < 4.78 is 15.4. The molecule has 0 radical (unpaired) electrons. The Morgan fingerprint density at radius 3 is 2.61 bits per heavy atom. The third-order valence-corrected chi connectivity index (χ3v) is 4.30. The molecule has 0 amide bonds. The lowest BCUT2D eigenvalue weighted by molar-refractivity contribution is -0.385. The number of aromatic nitrogens is 1. The number of rotatable bonds is 6. The van der Waals surface area contributed by atoms with E-state index in [1.165, 1.54) is 24.3 Å². The van der Waals surface area contributed by atoms with Crippen LogP contribution in [0.4, 0.5) is 5.69 Å². The molecule has 0 fully saturated rings. The van der Waals surface area contributed by atoms with E-state index in [9.17, 15) is 19.7 Å². The Labute approximate surface area is 160 Å². The van der Waals surface area contributed by atoms with Gasteiger partial charge in [-0.3, -0.25) is 14.9 Å². The summed E-state index contributed by atoms with van der Waals surface area (Å²) in [7, 11) is 0. The Kier molecular flexibility index (Phi) is 5.16. The second-order valence-corrected chi connectivity index (χ2v) is 6.06. The van der Waals surface area contributed by atoms with E-state index in [0.717, 1.165) is 0 Å². The highest BCUT2D eigenvalue weighted by Crippen LogP contribution is 2.38. The number of H-pyrrole nitrogens is 1. The minimum absolute atomic E-state index is 0.0169. The number of benzene rings is 1. The van der Waals surface area contributed by atoms with Crippen molar-refractivity contribution in [2.75, 3.05) is 13.4 Å². The summed E-state index contributed by atoms with van der Waals surface area (Å²) in [5, 5.41) is 11.3. The summed E-state index contributed by atoms with van der Waals surface area (Å²) in [6, 6.07) is 2.71. The highest BCUT2D eigenvalue weighted by molar-refractivity contribution is 6.10. The molecule has 9 nitrogen and oxygen atoms in total. The SMILES string of the molecule is CCOC(=O)c1[nH]c(C)c(C(=O)/C=C/c2cc3c(cc2[N+](=O)[O-])OCO3)c1C. The number of ketones is 1. The molecule has 1 N–H and O–H groups in total. The van der Waals surface area contributed by atoms with E-state index >= 15 is 0 Å². The molecule has 0 spiro atoms. The summed E-state index contributed by atoms with van der Waals surface area (Å²) in [4.78, 5) is 38.3. The molecule has 0 atom stereocenters. The number of aromatic amines is 1. The number of hydrogen-bond acceptors (Lipinski definition) is 7. The number of nitrogens with zero attached hydrogens (tertiary/aromatic N) is 1. The molecular formula is C19H18N2O7. The van der Waals surface area contributed by atoms with Gasteiger partial charge >= 0.3 is 5.97 Å². The molecule has 2 aromatic rings. The molecule has 1 aromatic carbocycles. The first-order chi connectivity index (χ1) is 13.3. The summed E-state index contributed by atoms with van der Waals surface area (Å²) in [6.45, 7) is 5.19. The average molecular weight is 386 g/mol. The number of allylic oxidation sites excluding steroid dienone is 1. The summed E-state index contributed by atoms with van der Waals surface area (Å²) in [5.41, 5.74) is 1.51. The predicted molar refractivity (Wildman–Crippen MR) is 98.8 cm³/mol. The van der Waals surface area contributed by atoms with E-state index in [1.54, 1.807) is 20.8 Å². The maximum atomic E-state index is 12.7. The van der Waals surface area contributed by atoms with Gasteiger partial charge in [0.25, 0.3) is 5.69 Å². The third kappa shape index (κ3) is 3.46. The van der Waals surface area contributed by atoms with Crippen LogP contribution in [0.1, 0.15) is 44.6 Å². The topological polar surface area (TPSA) is 121 Å². The first-order valence-electron chi connectivity index (χ1n) is 8.50. The van der Waals surface area contributed by atoms with Crippen LogP contribution >= 0.6 is 0 Å². The normalized spacial score (nSPS) is 12.4. The second-order valence-electron chi connectivity index (χ2n) is 6.06. The van der Waals surface area contributed by atoms with Gasteiger partial charge in [-0.25, -0.2) is 4.79 Å². The van der Waals surface area contributed by atoms with Crippen LogP contribution in [0.15, 0.2) is 18.2 Å². The van der Waals surface area contributed by atoms with Crippen LogP contribution in [0, 0.1) is 24.0 Å². The smallest absolute Gasteiger partial charge is 0.355 e. The summed E-state index contributed by atoms with van der Waals surface area (Å²) in [6.07, 6.45) is 2.57. The van der Waals surface area contributed by atoms with Gasteiger partial charge in [0.1, 0.15) is 5.69 Å². The van der Waals surface area contributed by atoms with Gasteiger partial charge in [0.15, 0.2) is 17.3 Å².